The van der Waals surface area contributed by atoms with Crippen LogP contribution in [0.2, 0.25) is 0 Å². The Hall–Kier alpha value is -2.11. The normalized spacial score (nSPS) is 19.0. The van der Waals surface area contributed by atoms with Gasteiger partial charge in [-0.1, -0.05) is 18.2 Å². The van der Waals surface area contributed by atoms with E-state index < -0.39 is 6.10 Å². The number of ether oxygens (including phenoxy) is 2. The number of aliphatic hydroxyl groups is 1. The van der Waals surface area contributed by atoms with E-state index in [9.17, 15) is 9.50 Å². The molecule has 0 aliphatic carbocycles. The van der Waals surface area contributed by atoms with Crippen LogP contribution < -0.4 is 9.47 Å². The second-order valence-electron chi connectivity index (χ2n) is 6.33. The number of β-amino-alcohol motifs (C(OH)–C–C–N with tert-alkyl or cyclic N) is 1. The Kier molecular flexibility index (Phi) is 5.56. The first-order valence-electron chi connectivity index (χ1n) is 8.52. The van der Waals surface area contributed by atoms with Crippen LogP contribution in [0, 0.1) is 5.82 Å². The minimum atomic E-state index is -0.638. The van der Waals surface area contributed by atoms with Gasteiger partial charge < -0.3 is 14.6 Å². The molecule has 0 aromatic heterocycles. The van der Waals surface area contributed by atoms with Crippen molar-refractivity contribution in [2.45, 2.75) is 25.0 Å². The molecule has 2 unspecified atom stereocenters. The lowest BCUT2D eigenvalue weighted by Gasteiger charge is -2.27. The van der Waals surface area contributed by atoms with Gasteiger partial charge in [-0.15, -0.1) is 0 Å². The molecule has 1 N–H and O–H groups in total. The van der Waals surface area contributed by atoms with Gasteiger partial charge in [-0.05, 0) is 54.8 Å². The molecule has 2 aromatic rings. The molecule has 25 heavy (non-hydrogen) atoms. The molecule has 1 heterocycles. The van der Waals surface area contributed by atoms with Crippen molar-refractivity contribution in [1.82, 2.24) is 4.90 Å². The van der Waals surface area contributed by atoms with Crippen LogP contribution in [0.4, 0.5) is 4.39 Å². The summed E-state index contributed by atoms with van der Waals surface area (Å²) in [6, 6.07) is 12.3. The molecule has 4 nitrogen and oxygen atoms in total. The summed E-state index contributed by atoms with van der Waals surface area (Å²) in [4.78, 5) is 2.27. The monoisotopic (exact) mass is 345 g/mol. The van der Waals surface area contributed by atoms with Crippen LogP contribution in [0.3, 0.4) is 0 Å². The predicted molar refractivity (Wildman–Crippen MR) is 94.5 cm³/mol. The van der Waals surface area contributed by atoms with Crippen LogP contribution in [0.15, 0.2) is 42.5 Å². The van der Waals surface area contributed by atoms with E-state index in [4.69, 9.17) is 9.47 Å². The Morgan fingerprint density at radius 2 is 1.84 bits per heavy atom. The largest absolute Gasteiger partial charge is 0.493 e. The predicted octanol–water partition coefficient (Wildman–Crippen LogP) is 3.71. The van der Waals surface area contributed by atoms with Crippen molar-refractivity contribution in [3.05, 3.63) is 59.4 Å². The van der Waals surface area contributed by atoms with Crippen LogP contribution in [0.5, 0.6) is 11.5 Å². The van der Waals surface area contributed by atoms with E-state index in [1.807, 2.05) is 12.1 Å². The van der Waals surface area contributed by atoms with Crippen molar-refractivity contribution >= 4 is 0 Å². The van der Waals surface area contributed by atoms with Crippen LogP contribution in [0.1, 0.15) is 36.1 Å². The third kappa shape index (κ3) is 3.94. The van der Waals surface area contributed by atoms with Crippen molar-refractivity contribution < 1.29 is 19.0 Å². The van der Waals surface area contributed by atoms with E-state index >= 15 is 0 Å². The first-order valence-corrected chi connectivity index (χ1v) is 8.52. The molecule has 0 radical (unpaired) electrons. The molecule has 3 rings (SSSR count). The lowest BCUT2D eigenvalue weighted by Crippen LogP contribution is -2.28. The van der Waals surface area contributed by atoms with Crippen LogP contribution in [-0.4, -0.2) is 37.3 Å². The van der Waals surface area contributed by atoms with Crippen molar-refractivity contribution in [2.75, 3.05) is 27.3 Å². The standard InChI is InChI=1S/C20H24FNO3/c1-24-19-10-7-15(12-20(19)25-2)17-4-3-11-22(17)13-18(23)14-5-8-16(21)9-6-14/h5-10,12,17-18,23H,3-4,11,13H2,1-2H3. The Balaban J connectivity index is 1.75. The summed E-state index contributed by atoms with van der Waals surface area (Å²) < 4.78 is 23.8. The van der Waals surface area contributed by atoms with E-state index in [1.165, 1.54) is 12.1 Å². The van der Waals surface area contributed by atoms with E-state index in [1.54, 1.807) is 26.4 Å². The average Bonchev–Trinajstić information content (AvgIpc) is 3.09. The molecule has 0 bridgehead atoms. The van der Waals surface area contributed by atoms with Gasteiger partial charge in [0, 0.05) is 12.6 Å². The topological polar surface area (TPSA) is 41.9 Å². The maximum atomic E-state index is 13.1. The number of methoxy groups -OCH3 is 2. The molecule has 2 aromatic carbocycles. The highest BCUT2D eigenvalue weighted by molar-refractivity contribution is 5.44. The smallest absolute Gasteiger partial charge is 0.161 e. The first kappa shape index (κ1) is 17.7. The van der Waals surface area contributed by atoms with E-state index in [-0.39, 0.29) is 11.9 Å². The Morgan fingerprint density at radius 3 is 2.52 bits per heavy atom. The number of benzene rings is 2. The average molecular weight is 345 g/mol. The maximum absolute atomic E-state index is 13.1. The van der Waals surface area contributed by atoms with Gasteiger partial charge in [0.2, 0.25) is 0 Å². The second-order valence-corrected chi connectivity index (χ2v) is 6.33. The number of likely N-dealkylation sites (tertiary alicyclic amines) is 1. The molecule has 0 amide bonds. The van der Waals surface area contributed by atoms with Gasteiger partial charge in [-0.25, -0.2) is 4.39 Å². The third-order valence-corrected chi connectivity index (χ3v) is 4.82. The summed E-state index contributed by atoms with van der Waals surface area (Å²) in [5.74, 6) is 1.13. The van der Waals surface area contributed by atoms with Gasteiger partial charge in [0.1, 0.15) is 5.82 Å². The summed E-state index contributed by atoms with van der Waals surface area (Å²) in [5, 5.41) is 10.5. The highest BCUT2D eigenvalue weighted by Crippen LogP contribution is 2.37. The molecule has 5 heteroatoms. The van der Waals surface area contributed by atoms with Crippen molar-refractivity contribution in [3.8, 4) is 11.5 Å². The number of rotatable bonds is 6. The lowest BCUT2D eigenvalue weighted by molar-refractivity contribution is 0.106. The van der Waals surface area contributed by atoms with Gasteiger partial charge >= 0.3 is 0 Å². The first-order chi connectivity index (χ1) is 12.1. The van der Waals surface area contributed by atoms with Gasteiger partial charge in [0.25, 0.3) is 0 Å². The quantitative estimate of drug-likeness (QED) is 0.867. The number of nitrogens with zero attached hydrogens (tertiary/aromatic N) is 1. The zero-order valence-corrected chi connectivity index (χ0v) is 14.6. The summed E-state index contributed by atoms with van der Waals surface area (Å²) in [7, 11) is 3.25. The maximum Gasteiger partial charge on any atom is 0.161 e. The summed E-state index contributed by atoms with van der Waals surface area (Å²) in [5.41, 5.74) is 1.89. The molecule has 0 saturated carbocycles. The summed E-state index contributed by atoms with van der Waals surface area (Å²) >= 11 is 0. The van der Waals surface area contributed by atoms with Crippen molar-refractivity contribution in [3.63, 3.8) is 0 Å². The second kappa shape index (κ2) is 7.85. The SMILES string of the molecule is COc1ccc(C2CCCN2CC(O)c2ccc(F)cc2)cc1OC. The number of hydrogen-bond acceptors (Lipinski definition) is 4. The number of aliphatic hydroxyl groups excluding tert-OH is 1. The molecule has 1 aliphatic rings. The molecule has 134 valence electrons. The number of halogens is 1. The third-order valence-electron chi connectivity index (χ3n) is 4.82. The van der Waals surface area contributed by atoms with Crippen molar-refractivity contribution in [2.24, 2.45) is 0 Å². The van der Waals surface area contributed by atoms with Gasteiger partial charge in [0.05, 0.1) is 20.3 Å². The van der Waals surface area contributed by atoms with Crippen LogP contribution in [-0.2, 0) is 0 Å². The fourth-order valence-corrected chi connectivity index (χ4v) is 3.49. The fraction of sp³-hybridized carbons (Fsp3) is 0.400. The van der Waals surface area contributed by atoms with Crippen LogP contribution in [0.25, 0.3) is 0 Å². The Morgan fingerprint density at radius 1 is 1.12 bits per heavy atom. The highest BCUT2D eigenvalue weighted by Gasteiger charge is 2.28. The molecule has 0 spiro atoms. The lowest BCUT2D eigenvalue weighted by atomic mass is 10.0. The van der Waals surface area contributed by atoms with Gasteiger partial charge in [-0.3, -0.25) is 4.90 Å². The van der Waals surface area contributed by atoms with Crippen LogP contribution >= 0.6 is 0 Å². The zero-order valence-electron chi connectivity index (χ0n) is 14.6. The Bertz CT molecular complexity index is 705. The minimum absolute atomic E-state index is 0.231. The molecule has 1 aliphatic heterocycles. The van der Waals surface area contributed by atoms with E-state index in [2.05, 4.69) is 11.0 Å². The van der Waals surface area contributed by atoms with Gasteiger partial charge in [0.15, 0.2) is 11.5 Å². The molecule has 2 atom stereocenters. The molecular formula is C20H24FNO3. The fourth-order valence-electron chi connectivity index (χ4n) is 3.49. The molecule has 1 fully saturated rings. The van der Waals surface area contributed by atoms with Gasteiger partial charge in [-0.2, -0.15) is 0 Å². The minimum Gasteiger partial charge on any atom is -0.493 e. The summed E-state index contributed by atoms with van der Waals surface area (Å²) in [6.07, 6.45) is 1.47. The summed E-state index contributed by atoms with van der Waals surface area (Å²) in [6.45, 7) is 1.45. The highest BCUT2D eigenvalue weighted by atomic mass is 19.1. The van der Waals surface area contributed by atoms with E-state index in [0.717, 1.165) is 30.5 Å². The molecular weight excluding hydrogens is 321 g/mol. The number of hydrogen-bond donors (Lipinski definition) is 1. The molecule has 1 saturated heterocycles. The Labute approximate surface area is 147 Å². The zero-order chi connectivity index (χ0) is 17.8. The van der Waals surface area contributed by atoms with Crippen molar-refractivity contribution in [1.29, 1.82) is 0 Å². The van der Waals surface area contributed by atoms with E-state index in [0.29, 0.717) is 18.0 Å².